The Balaban J connectivity index is 1.74. The van der Waals surface area contributed by atoms with E-state index in [0.717, 1.165) is 16.7 Å². The average molecular weight is 408 g/mol. The second kappa shape index (κ2) is 9.16. The maximum Gasteiger partial charge on any atom is 0.325 e. The van der Waals surface area contributed by atoms with Crippen molar-refractivity contribution < 1.29 is 19.1 Å². The molecule has 1 heterocycles. The van der Waals surface area contributed by atoms with E-state index in [4.69, 9.17) is 0 Å². The number of amides is 2. The van der Waals surface area contributed by atoms with Gasteiger partial charge < -0.3 is 15.4 Å². The van der Waals surface area contributed by atoms with Gasteiger partial charge in [-0.15, -0.1) is 11.3 Å². The van der Waals surface area contributed by atoms with Crippen molar-refractivity contribution in [2.45, 2.75) is 6.92 Å². The molecule has 3 rings (SSSR count). The summed E-state index contributed by atoms with van der Waals surface area (Å²) in [6.45, 7) is 1.79. The third kappa shape index (κ3) is 5.08. The van der Waals surface area contributed by atoms with Gasteiger partial charge in [-0.3, -0.25) is 14.4 Å². The van der Waals surface area contributed by atoms with E-state index in [0.29, 0.717) is 16.1 Å². The SMILES string of the molecule is COC(=O)CNC(=O)c1cccc(NC(=O)c2sccc2-c2ccc(C)cc2)c1. The summed E-state index contributed by atoms with van der Waals surface area (Å²) in [5, 5.41) is 7.18. The molecular formula is C22H20N2O4S. The summed E-state index contributed by atoms with van der Waals surface area (Å²) in [5.74, 6) is -1.21. The normalized spacial score (nSPS) is 10.3. The predicted molar refractivity (Wildman–Crippen MR) is 113 cm³/mol. The molecular weight excluding hydrogens is 388 g/mol. The van der Waals surface area contributed by atoms with Gasteiger partial charge in [-0.1, -0.05) is 35.9 Å². The quantitative estimate of drug-likeness (QED) is 0.606. The van der Waals surface area contributed by atoms with Crippen LogP contribution in [0.4, 0.5) is 5.69 Å². The van der Waals surface area contributed by atoms with Crippen LogP contribution in [0.3, 0.4) is 0 Å². The number of anilines is 1. The van der Waals surface area contributed by atoms with Crippen molar-refractivity contribution in [3.05, 3.63) is 76.0 Å². The van der Waals surface area contributed by atoms with Gasteiger partial charge in [-0.25, -0.2) is 0 Å². The van der Waals surface area contributed by atoms with E-state index in [1.54, 1.807) is 24.3 Å². The summed E-state index contributed by atoms with van der Waals surface area (Å²) >= 11 is 1.36. The van der Waals surface area contributed by atoms with E-state index in [2.05, 4.69) is 15.4 Å². The monoisotopic (exact) mass is 408 g/mol. The van der Waals surface area contributed by atoms with Gasteiger partial charge in [0, 0.05) is 16.8 Å². The van der Waals surface area contributed by atoms with E-state index >= 15 is 0 Å². The van der Waals surface area contributed by atoms with E-state index in [1.165, 1.54) is 18.4 Å². The highest BCUT2D eigenvalue weighted by Gasteiger charge is 2.16. The zero-order valence-corrected chi connectivity index (χ0v) is 16.8. The highest BCUT2D eigenvalue weighted by molar-refractivity contribution is 7.12. The molecule has 0 atom stereocenters. The Labute approximate surface area is 172 Å². The molecule has 0 saturated heterocycles. The molecule has 2 N–H and O–H groups in total. The molecule has 3 aromatic rings. The number of ether oxygens (including phenoxy) is 1. The number of rotatable bonds is 6. The van der Waals surface area contributed by atoms with E-state index in [9.17, 15) is 14.4 Å². The number of esters is 1. The summed E-state index contributed by atoms with van der Waals surface area (Å²) in [6.07, 6.45) is 0. The predicted octanol–water partition coefficient (Wildman–Crippen LogP) is 3.88. The summed E-state index contributed by atoms with van der Waals surface area (Å²) in [5.41, 5.74) is 3.80. The molecule has 148 valence electrons. The van der Waals surface area contributed by atoms with Crippen molar-refractivity contribution in [3.63, 3.8) is 0 Å². The van der Waals surface area contributed by atoms with Crippen LogP contribution in [-0.4, -0.2) is 31.4 Å². The number of carbonyl (C=O) groups is 3. The highest BCUT2D eigenvalue weighted by Crippen LogP contribution is 2.29. The molecule has 7 heteroatoms. The Morgan fingerprint density at radius 1 is 1.00 bits per heavy atom. The third-order valence-electron chi connectivity index (χ3n) is 4.24. The zero-order valence-electron chi connectivity index (χ0n) is 16.0. The first-order valence-electron chi connectivity index (χ1n) is 8.89. The molecule has 2 aromatic carbocycles. The van der Waals surface area contributed by atoms with Crippen LogP contribution in [0.15, 0.2) is 60.0 Å². The zero-order chi connectivity index (χ0) is 20.8. The second-order valence-electron chi connectivity index (χ2n) is 6.32. The molecule has 0 unspecified atom stereocenters. The van der Waals surface area contributed by atoms with E-state index < -0.39 is 11.9 Å². The van der Waals surface area contributed by atoms with Gasteiger partial charge >= 0.3 is 5.97 Å². The molecule has 0 aliphatic heterocycles. The van der Waals surface area contributed by atoms with Crippen molar-refractivity contribution in [2.24, 2.45) is 0 Å². The Kier molecular flexibility index (Phi) is 6.41. The highest BCUT2D eigenvalue weighted by atomic mass is 32.1. The number of thiophene rings is 1. The largest absolute Gasteiger partial charge is 0.468 e. The van der Waals surface area contributed by atoms with Crippen LogP contribution in [0, 0.1) is 6.92 Å². The maximum atomic E-state index is 12.8. The van der Waals surface area contributed by atoms with E-state index in [-0.39, 0.29) is 12.5 Å². The Hall–Kier alpha value is -3.45. The molecule has 0 saturated carbocycles. The fraction of sp³-hybridized carbons (Fsp3) is 0.136. The first kappa shape index (κ1) is 20.3. The van der Waals surface area contributed by atoms with Crippen LogP contribution in [-0.2, 0) is 9.53 Å². The summed E-state index contributed by atoms with van der Waals surface area (Å²) in [6, 6.07) is 16.4. The molecule has 0 radical (unpaired) electrons. The van der Waals surface area contributed by atoms with Crippen molar-refractivity contribution in [1.29, 1.82) is 0 Å². The van der Waals surface area contributed by atoms with Gasteiger partial charge in [-0.2, -0.15) is 0 Å². The molecule has 6 nitrogen and oxygen atoms in total. The second-order valence-corrected chi connectivity index (χ2v) is 7.24. The van der Waals surface area contributed by atoms with Gasteiger partial charge in [-0.05, 0) is 42.1 Å². The fourth-order valence-electron chi connectivity index (χ4n) is 2.70. The smallest absolute Gasteiger partial charge is 0.325 e. The van der Waals surface area contributed by atoms with Crippen molar-refractivity contribution in [3.8, 4) is 11.1 Å². The number of benzene rings is 2. The molecule has 0 spiro atoms. The van der Waals surface area contributed by atoms with Crippen LogP contribution in [0.25, 0.3) is 11.1 Å². The van der Waals surface area contributed by atoms with Crippen LogP contribution in [0.5, 0.6) is 0 Å². The number of methoxy groups -OCH3 is 1. The lowest BCUT2D eigenvalue weighted by Crippen LogP contribution is -2.30. The van der Waals surface area contributed by atoms with Crippen LogP contribution < -0.4 is 10.6 Å². The van der Waals surface area contributed by atoms with Crippen molar-refractivity contribution in [1.82, 2.24) is 5.32 Å². The van der Waals surface area contributed by atoms with Gasteiger partial charge in [0.05, 0.1) is 12.0 Å². The topological polar surface area (TPSA) is 84.5 Å². The lowest BCUT2D eigenvalue weighted by molar-refractivity contribution is -0.139. The van der Waals surface area contributed by atoms with Crippen LogP contribution in [0.2, 0.25) is 0 Å². The van der Waals surface area contributed by atoms with Crippen LogP contribution >= 0.6 is 11.3 Å². The van der Waals surface area contributed by atoms with E-state index in [1.807, 2.05) is 42.6 Å². The lowest BCUT2D eigenvalue weighted by atomic mass is 10.0. The number of nitrogens with one attached hydrogen (secondary N) is 2. The van der Waals surface area contributed by atoms with Crippen LogP contribution in [0.1, 0.15) is 25.6 Å². The van der Waals surface area contributed by atoms with Gasteiger partial charge in [0.15, 0.2) is 0 Å². The first-order chi connectivity index (χ1) is 14.0. The van der Waals surface area contributed by atoms with Gasteiger partial charge in [0.2, 0.25) is 0 Å². The molecule has 0 fully saturated rings. The minimum absolute atomic E-state index is 0.221. The molecule has 2 amide bonds. The molecule has 0 aliphatic carbocycles. The Morgan fingerprint density at radius 3 is 2.48 bits per heavy atom. The number of carbonyl (C=O) groups excluding carboxylic acids is 3. The average Bonchev–Trinajstić information content (AvgIpc) is 3.22. The van der Waals surface area contributed by atoms with Gasteiger partial charge in [0.1, 0.15) is 6.54 Å². The summed E-state index contributed by atoms with van der Waals surface area (Å²) in [7, 11) is 1.25. The van der Waals surface area contributed by atoms with Crippen molar-refractivity contribution >= 4 is 34.8 Å². The Morgan fingerprint density at radius 2 is 1.76 bits per heavy atom. The molecule has 1 aromatic heterocycles. The minimum Gasteiger partial charge on any atom is -0.468 e. The Bertz CT molecular complexity index is 1040. The molecule has 0 aliphatic rings. The summed E-state index contributed by atoms with van der Waals surface area (Å²) in [4.78, 5) is 36.7. The standard InChI is InChI=1S/C22H20N2O4S/c1-14-6-8-15(9-7-14)18-10-11-29-20(18)22(27)24-17-5-3-4-16(12-17)21(26)23-13-19(25)28-2/h3-12H,13H2,1-2H3,(H,23,26)(H,24,27). The minimum atomic E-state index is -0.538. The maximum absolute atomic E-state index is 12.8. The number of hydrogen-bond donors (Lipinski definition) is 2. The third-order valence-corrected chi connectivity index (χ3v) is 5.15. The number of hydrogen-bond acceptors (Lipinski definition) is 5. The first-order valence-corrected chi connectivity index (χ1v) is 9.77. The fourth-order valence-corrected chi connectivity index (χ4v) is 3.51. The summed E-state index contributed by atoms with van der Waals surface area (Å²) < 4.78 is 4.50. The molecule has 0 bridgehead atoms. The molecule has 29 heavy (non-hydrogen) atoms. The number of aryl methyl sites for hydroxylation is 1. The van der Waals surface area contributed by atoms with Gasteiger partial charge in [0.25, 0.3) is 11.8 Å². The van der Waals surface area contributed by atoms with Crippen molar-refractivity contribution in [2.75, 3.05) is 19.0 Å². The lowest BCUT2D eigenvalue weighted by Gasteiger charge is -2.09.